The molecular weight excluding hydrogens is 250 g/mol. The summed E-state index contributed by atoms with van der Waals surface area (Å²) in [7, 11) is 0. The second-order valence-electron chi connectivity index (χ2n) is 4.88. The zero-order valence-corrected chi connectivity index (χ0v) is 11.5. The Hall–Kier alpha value is -0.800. The highest BCUT2D eigenvalue weighted by Gasteiger charge is 2.25. The maximum absolute atomic E-state index is 9.18. The summed E-state index contributed by atoms with van der Waals surface area (Å²) in [5, 5.41) is 9.67. The molecule has 100 valence electrons. The van der Waals surface area contributed by atoms with Crippen LogP contribution in [0.2, 0.25) is 5.02 Å². The number of ether oxygens (including phenoxy) is 1. The smallest absolute Gasteiger partial charge is 0.213 e. The molecule has 2 atom stereocenters. The number of nitrogens with zero attached hydrogens (tertiary/aromatic N) is 1. The number of aliphatic hydroxyl groups excluding tert-OH is 1. The Morgan fingerprint density at radius 2 is 2.22 bits per heavy atom. The van der Waals surface area contributed by atoms with Gasteiger partial charge in [-0.2, -0.15) is 0 Å². The normalized spacial score (nSPS) is 23.9. The van der Waals surface area contributed by atoms with Gasteiger partial charge in [0.1, 0.15) is 6.10 Å². The minimum Gasteiger partial charge on any atom is -0.474 e. The van der Waals surface area contributed by atoms with Gasteiger partial charge in [0.25, 0.3) is 0 Å². The number of pyridine rings is 1. The molecule has 0 saturated heterocycles. The average molecular weight is 270 g/mol. The van der Waals surface area contributed by atoms with Crippen LogP contribution in [0.25, 0.3) is 0 Å². The van der Waals surface area contributed by atoms with Gasteiger partial charge in [-0.3, -0.25) is 0 Å². The minimum atomic E-state index is -0.0837. The van der Waals surface area contributed by atoms with Crippen LogP contribution in [-0.4, -0.2) is 16.2 Å². The van der Waals surface area contributed by atoms with Gasteiger partial charge in [-0.05, 0) is 31.6 Å². The molecular formula is C14H20ClNO2. The fraction of sp³-hybridized carbons (Fsp3) is 0.643. The molecule has 0 bridgehead atoms. The van der Waals surface area contributed by atoms with Crippen molar-refractivity contribution in [3.63, 3.8) is 0 Å². The Morgan fingerprint density at radius 3 is 2.94 bits per heavy atom. The van der Waals surface area contributed by atoms with Gasteiger partial charge in [0.15, 0.2) is 0 Å². The molecule has 0 aromatic carbocycles. The molecule has 1 aliphatic carbocycles. The van der Waals surface area contributed by atoms with E-state index in [1.165, 1.54) is 19.3 Å². The van der Waals surface area contributed by atoms with Crippen molar-refractivity contribution in [1.82, 2.24) is 4.98 Å². The fourth-order valence-corrected chi connectivity index (χ4v) is 2.76. The molecule has 18 heavy (non-hydrogen) atoms. The van der Waals surface area contributed by atoms with Gasteiger partial charge in [-0.1, -0.05) is 24.9 Å². The summed E-state index contributed by atoms with van der Waals surface area (Å²) in [5.41, 5.74) is 0.672. The van der Waals surface area contributed by atoms with E-state index in [4.69, 9.17) is 16.3 Å². The number of aromatic nitrogens is 1. The van der Waals surface area contributed by atoms with Gasteiger partial charge in [-0.25, -0.2) is 4.98 Å². The molecule has 2 rings (SSSR count). The van der Waals surface area contributed by atoms with E-state index in [2.05, 4.69) is 11.9 Å². The van der Waals surface area contributed by atoms with Crippen LogP contribution in [-0.2, 0) is 6.61 Å². The number of hydrogen-bond acceptors (Lipinski definition) is 3. The van der Waals surface area contributed by atoms with Crippen LogP contribution in [0.15, 0.2) is 12.3 Å². The van der Waals surface area contributed by atoms with E-state index in [1.54, 1.807) is 12.3 Å². The molecule has 1 aliphatic rings. The molecule has 1 aromatic rings. The predicted molar refractivity (Wildman–Crippen MR) is 71.8 cm³/mol. The summed E-state index contributed by atoms with van der Waals surface area (Å²) >= 11 is 5.92. The molecule has 2 unspecified atom stereocenters. The molecule has 3 nitrogen and oxygen atoms in total. The Labute approximate surface area is 113 Å². The third-order valence-corrected chi connectivity index (χ3v) is 4.06. The highest BCUT2D eigenvalue weighted by molar-refractivity contribution is 6.31. The van der Waals surface area contributed by atoms with Crippen molar-refractivity contribution >= 4 is 11.6 Å². The fourth-order valence-electron chi connectivity index (χ4n) is 2.59. The lowest BCUT2D eigenvalue weighted by Gasteiger charge is -2.30. The number of hydrogen-bond donors (Lipinski definition) is 1. The van der Waals surface area contributed by atoms with E-state index in [0.29, 0.717) is 22.4 Å². The number of halogens is 1. The SMILES string of the molecule is CCC1CCCCC1Oc1cc(CO)c(Cl)cn1. The second-order valence-corrected chi connectivity index (χ2v) is 5.29. The van der Waals surface area contributed by atoms with Gasteiger partial charge in [0.05, 0.1) is 11.6 Å². The zero-order valence-electron chi connectivity index (χ0n) is 10.7. The standard InChI is InChI=1S/C14H20ClNO2/c1-2-10-5-3-4-6-13(10)18-14-7-11(9-17)12(15)8-16-14/h7-8,10,13,17H,2-6,9H2,1H3. The quantitative estimate of drug-likeness (QED) is 0.909. The van der Waals surface area contributed by atoms with Crippen LogP contribution in [0.3, 0.4) is 0 Å². The molecule has 1 saturated carbocycles. The molecule has 1 N–H and O–H groups in total. The highest BCUT2D eigenvalue weighted by Crippen LogP contribution is 2.30. The van der Waals surface area contributed by atoms with Crippen LogP contribution in [0.4, 0.5) is 0 Å². The Morgan fingerprint density at radius 1 is 1.44 bits per heavy atom. The molecule has 0 spiro atoms. The number of rotatable bonds is 4. The maximum atomic E-state index is 9.18. The van der Waals surface area contributed by atoms with Crippen LogP contribution in [0.5, 0.6) is 5.88 Å². The zero-order chi connectivity index (χ0) is 13.0. The number of aliphatic hydroxyl groups is 1. The van der Waals surface area contributed by atoms with Crippen molar-refractivity contribution in [1.29, 1.82) is 0 Å². The summed E-state index contributed by atoms with van der Waals surface area (Å²) < 4.78 is 5.98. The molecule has 1 heterocycles. The van der Waals surface area contributed by atoms with Crippen molar-refractivity contribution in [2.24, 2.45) is 5.92 Å². The highest BCUT2D eigenvalue weighted by atomic mass is 35.5. The Bertz CT molecular complexity index is 397. The van der Waals surface area contributed by atoms with Crippen LogP contribution >= 0.6 is 11.6 Å². The summed E-state index contributed by atoms with van der Waals surface area (Å²) in [6.07, 6.45) is 7.80. The molecule has 1 fully saturated rings. The van der Waals surface area contributed by atoms with Gasteiger partial charge in [0.2, 0.25) is 5.88 Å². The largest absolute Gasteiger partial charge is 0.474 e. The van der Waals surface area contributed by atoms with Gasteiger partial charge in [-0.15, -0.1) is 0 Å². The first-order chi connectivity index (χ1) is 8.74. The maximum Gasteiger partial charge on any atom is 0.213 e. The Kier molecular flexibility index (Phi) is 4.84. The topological polar surface area (TPSA) is 42.4 Å². The van der Waals surface area contributed by atoms with Crippen molar-refractivity contribution in [2.45, 2.75) is 51.7 Å². The Balaban J connectivity index is 2.07. The van der Waals surface area contributed by atoms with Gasteiger partial charge < -0.3 is 9.84 Å². The molecule has 0 radical (unpaired) electrons. The first-order valence-electron chi connectivity index (χ1n) is 6.66. The molecule has 0 amide bonds. The lowest BCUT2D eigenvalue weighted by atomic mass is 9.85. The summed E-state index contributed by atoms with van der Waals surface area (Å²) in [4.78, 5) is 4.18. The first kappa shape index (κ1) is 13.6. The van der Waals surface area contributed by atoms with E-state index in [0.717, 1.165) is 12.8 Å². The lowest BCUT2D eigenvalue weighted by Crippen LogP contribution is -2.30. The van der Waals surface area contributed by atoms with E-state index in [9.17, 15) is 5.11 Å². The van der Waals surface area contributed by atoms with E-state index >= 15 is 0 Å². The summed E-state index contributed by atoms with van der Waals surface area (Å²) in [6.45, 7) is 2.13. The lowest BCUT2D eigenvalue weighted by molar-refractivity contribution is 0.0856. The van der Waals surface area contributed by atoms with Gasteiger partial charge in [0, 0.05) is 17.8 Å². The third kappa shape index (κ3) is 3.15. The minimum absolute atomic E-state index is 0.0837. The van der Waals surface area contributed by atoms with Crippen molar-refractivity contribution in [3.05, 3.63) is 22.8 Å². The molecule has 1 aromatic heterocycles. The van der Waals surface area contributed by atoms with Gasteiger partial charge >= 0.3 is 0 Å². The predicted octanol–water partition coefficient (Wildman–Crippen LogP) is 3.57. The average Bonchev–Trinajstić information content (AvgIpc) is 2.41. The monoisotopic (exact) mass is 269 g/mol. The molecule has 0 aliphatic heterocycles. The van der Waals surface area contributed by atoms with Crippen LogP contribution < -0.4 is 4.74 Å². The van der Waals surface area contributed by atoms with E-state index < -0.39 is 0 Å². The summed E-state index contributed by atoms with van der Waals surface area (Å²) in [6, 6.07) is 1.74. The second kappa shape index (κ2) is 6.39. The van der Waals surface area contributed by atoms with E-state index in [1.807, 2.05) is 0 Å². The van der Waals surface area contributed by atoms with E-state index in [-0.39, 0.29) is 12.7 Å². The third-order valence-electron chi connectivity index (χ3n) is 3.72. The van der Waals surface area contributed by atoms with Crippen molar-refractivity contribution in [3.8, 4) is 5.88 Å². The first-order valence-corrected chi connectivity index (χ1v) is 7.04. The van der Waals surface area contributed by atoms with Crippen molar-refractivity contribution < 1.29 is 9.84 Å². The summed E-state index contributed by atoms with van der Waals surface area (Å²) in [5.74, 6) is 1.20. The molecule has 4 heteroatoms. The van der Waals surface area contributed by atoms with Crippen LogP contribution in [0, 0.1) is 5.92 Å². The van der Waals surface area contributed by atoms with Crippen LogP contribution in [0.1, 0.15) is 44.6 Å². The van der Waals surface area contributed by atoms with Crippen molar-refractivity contribution in [2.75, 3.05) is 0 Å².